The van der Waals surface area contributed by atoms with Crippen molar-refractivity contribution in [2.75, 3.05) is 0 Å². The molecule has 0 atom stereocenters. The molecule has 0 saturated heterocycles. The van der Waals surface area contributed by atoms with E-state index in [1.165, 1.54) is 38.5 Å². The van der Waals surface area contributed by atoms with Crippen LogP contribution in [0.3, 0.4) is 0 Å². The monoisotopic (exact) mass is 526 g/mol. The molecule has 0 N–H and O–H groups in total. The molecule has 8 aromatic rings. The van der Waals surface area contributed by atoms with E-state index in [1.807, 2.05) is 18.3 Å². The van der Waals surface area contributed by atoms with E-state index >= 15 is 0 Å². The van der Waals surface area contributed by atoms with Gasteiger partial charge in [0.05, 0.1) is 11.0 Å². The first kappa shape index (κ1) is 22.6. The number of pyridine rings is 1. The van der Waals surface area contributed by atoms with Crippen LogP contribution in [0.25, 0.3) is 71.8 Å². The highest BCUT2D eigenvalue weighted by atomic mass is 16.3. The molecule has 5 aromatic carbocycles. The lowest BCUT2D eigenvalue weighted by atomic mass is 9.82. The highest BCUT2D eigenvalue weighted by Gasteiger charge is 2.37. The van der Waals surface area contributed by atoms with Gasteiger partial charge in [0.15, 0.2) is 0 Å². The van der Waals surface area contributed by atoms with Gasteiger partial charge >= 0.3 is 0 Å². The summed E-state index contributed by atoms with van der Waals surface area (Å²) in [6.07, 6.45) is 1.98. The molecule has 0 bridgehead atoms. The van der Waals surface area contributed by atoms with Crippen LogP contribution in [-0.2, 0) is 5.41 Å². The minimum atomic E-state index is -0.0408. The maximum Gasteiger partial charge on any atom is 0.143 e. The van der Waals surface area contributed by atoms with E-state index < -0.39 is 0 Å². The number of para-hydroxylation sites is 3. The van der Waals surface area contributed by atoms with Gasteiger partial charge in [0.1, 0.15) is 17.0 Å². The van der Waals surface area contributed by atoms with Crippen LogP contribution >= 0.6 is 0 Å². The van der Waals surface area contributed by atoms with E-state index in [0.29, 0.717) is 0 Å². The number of benzene rings is 5. The smallest absolute Gasteiger partial charge is 0.143 e. The van der Waals surface area contributed by atoms with Gasteiger partial charge in [-0.15, -0.1) is 0 Å². The molecule has 3 aromatic heterocycles. The Morgan fingerprint density at radius 3 is 2.24 bits per heavy atom. The lowest BCUT2D eigenvalue weighted by Gasteiger charge is -2.21. The Labute approximate surface area is 237 Å². The number of rotatable bonds is 2. The Balaban J connectivity index is 1.26. The highest BCUT2D eigenvalue weighted by Crippen LogP contribution is 2.53. The molecule has 1 aliphatic rings. The molecule has 0 saturated carbocycles. The summed E-state index contributed by atoms with van der Waals surface area (Å²) in [5.41, 5.74) is 11.7. The fraction of sp³-hybridized carbons (Fsp3) is 0.0789. The van der Waals surface area contributed by atoms with Crippen molar-refractivity contribution in [3.05, 3.63) is 133 Å². The Morgan fingerprint density at radius 1 is 0.610 bits per heavy atom. The second-order valence-corrected chi connectivity index (χ2v) is 11.6. The van der Waals surface area contributed by atoms with E-state index in [1.54, 1.807) is 0 Å². The molecular weight excluding hydrogens is 500 g/mol. The van der Waals surface area contributed by atoms with Gasteiger partial charge in [0.25, 0.3) is 0 Å². The molecule has 3 heteroatoms. The Morgan fingerprint density at radius 2 is 1.37 bits per heavy atom. The third-order valence-corrected chi connectivity index (χ3v) is 9.07. The fourth-order valence-electron chi connectivity index (χ4n) is 7.15. The third kappa shape index (κ3) is 2.95. The average molecular weight is 527 g/mol. The van der Waals surface area contributed by atoms with Crippen molar-refractivity contribution in [2.45, 2.75) is 19.3 Å². The van der Waals surface area contributed by atoms with E-state index in [2.05, 4.69) is 122 Å². The van der Waals surface area contributed by atoms with Gasteiger partial charge < -0.3 is 4.42 Å². The second kappa shape index (κ2) is 7.96. The zero-order chi connectivity index (χ0) is 27.3. The zero-order valence-electron chi connectivity index (χ0n) is 22.8. The molecule has 0 spiro atoms. The predicted octanol–water partition coefficient (Wildman–Crippen LogP) is 10.1. The molecule has 0 amide bonds. The van der Waals surface area contributed by atoms with Crippen LogP contribution < -0.4 is 0 Å². The standard InChI is InChI=1S/C38H26N2O/c1-38(2)29-15-6-3-11-27(29)35-30(38)19-20-32-36(35)28-12-4-7-16-31(28)40(32)34-21-18-23(22-39-34)24-13-9-14-26-25-10-5-8-17-33(25)41-37(24)26/h3-22H,1-2H3. The SMILES string of the molecule is CC1(C)c2ccccc2-c2c1ccc1c2c2ccccc2n1-c1ccc(-c2cccc3c2oc2ccccc23)cn1. The average Bonchev–Trinajstić information content (AvgIpc) is 3.63. The maximum absolute atomic E-state index is 6.31. The molecule has 41 heavy (non-hydrogen) atoms. The normalized spacial score (nSPS) is 13.8. The van der Waals surface area contributed by atoms with Crippen molar-refractivity contribution in [1.82, 2.24) is 9.55 Å². The van der Waals surface area contributed by atoms with Crippen molar-refractivity contribution in [1.29, 1.82) is 0 Å². The van der Waals surface area contributed by atoms with E-state index in [4.69, 9.17) is 9.40 Å². The molecule has 194 valence electrons. The summed E-state index contributed by atoms with van der Waals surface area (Å²) in [6, 6.07) is 41.0. The number of aromatic nitrogens is 2. The van der Waals surface area contributed by atoms with Gasteiger partial charge in [-0.05, 0) is 52.6 Å². The first-order valence-electron chi connectivity index (χ1n) is 14.1. The molecule has 0 radical (unpaired) electrons. The van der Waals surface area contributed by atoms with E-state index in [-0.39, 0.29) is 5.41 Å². The van der Waals surface area contributed by atoms with Crippen LogP contribution in [0.1, 0.15) is 25.0 Å². The lowest BCUT2D eigenvalue weighted by molar-refractivity contribution is 0.661. The van der Waals surface area contributed by atoms with Crippen molar-refractivity contribution >= 4 is 43.7 Å². The van der Waals surface area contributed by atoms with Gasteiger partial charge in [-0.2, -0.15) is 0 Å². The van der Waals surface area contributed by atoms with Crippen molar-refractivity contribution < 1.29 is 4.42 Å². The lowest BCUT2D eigenvalue weighted by Crippen LogP contribution is -2.14. The third-order valence-electron chi connectivity index (χ3n) is 9.07. The first-order chi connectivity index (χ1) is 20.1. The molecular formula is C38H26N2O. The summed E-state index contributed by atoms with van der Waals surface area (Å²) in [5.74, 6) is 0.905. The Hall–Kier alpha value is -5.15. The van der Waals surface area contributed by atoms with Crippen LogP contribution in [0, 0.1) is 0 Å². The summed E-state index contributed by atoms with van der Waals surface area (Å²) in [5, 5.41) is 4.82. The van der Waals surface area contributed by atoms with Crippen molar-refractivity contribution in [3.8, 4) is 28.1 Å². The molecule has 1 aliphatic carbocycles. The molecule has 0 unspecified atom stereocenters. The van der Waals surface area contributed by atoms with Gasteiger partial charge in [-0.3, -0.25) is 4.57 Å². The summed E-state index contributed by atoms with van der Waals surface area (Å²) >= 11 is 0. The van der Waals surface area contributed by atoms with E-state index in [9.17, 15) is 0 Å². The molecule has 0 fully saturated rings. The largest absolute Gasteiger partial charge is 0.455 e. The summed E-state index contributed by atoms with van der Waals surface area (Å²) in [6.45, 7) is 4.68. The minimum absolute atomic E-state index is 0.0408. The Kier molecular flexibility index (Phi) is 4.39. The Bertz CT molecular complexity index is 2330. The van der Waals surface area contributed by atoms with E-state index in [0.717, 1.165) is 44.4 Å². The van der Waals surface area contributed by atoms with Crippen LogP contribution in [0.4, 0.5) is 0 Å². The second-order valence-electron chi connectivity index (χ2n) is 11.6. The van der Waals surface area contributed by atoms with Crippen LogP contribution in [0.15, 0.2) is 126 Å². The number of fused-ring (bicyclic) bond motifs is 10. The number of hydrogen-bond donors (Lipinski definition) is 0. The molecule has 3 nitrogen and oxygen atoms in total. The number of hydrogen-bond acceptors (Lipinski definition) is 2. The summed E-state index contributed by atoms with van der Waals surface area (Å²) < 4.78 is 8.62. The van der Waals surface area contributed by atoms with Crippen LogP contribution in [0.2, 0.25) is 0 Å². The van der Waals surface area contributed by atoms with Crippen LogP contribution in [0.5, 0.6) is 0 Å². The quantitative estimate of drug-likeness (QED) is 0.224. The van der Waals surface area contributed by atoms with Gasteiger partial charge in [0.2, 0.25) is 0 Å². The predicted molar refractivity (Wildman–Crippen MR) is 169 cm³/mol. The fourth-order valence-corrected chi connectivity index (χ4v) is 7.15. The number of nitrogens with zero attached hydrogens (tertiary/aromatic N) is 2. The minimum Gasteiger partial charge on any atom is -0.455 e. The highest BCUT2D eigenvalue weighted by molar-refractivity contribution is 6.18. The van der Waals surface area contributed by atoms with Crippen LogP contribution in [-0.4, -0.2) is 9.55 Å². The zero-order valence-corrected chi connectivity index (χ0v) is 22.8. The van der Waals surface area contributed by atoms with Gasteiger partial charge in [0, 0.05) is 44.3 Å². The van der Waals surface area contributed by atoms with Crippen molar-refractivity contribution in [3.63, 3.8) is 0 Å². The molecule has 9 rings (SSSR count). The maximum atomic E-state index is 6.31. The summed E-state index contributed by atoms with van der Waals surface area (Å²) in [7, 11) is 0. The molecule has 0 aliphatic heterocycles. The first-order valence-corrected chi connectivity index (χ1v) is 14.1. The number of furan rings is 1. The van der Waals surface area contributed by atoms with Gasteiger partial charge in [-0.1, -0.05) is 98.8 Å². The summed E-state index contributed by atoms with van der Waals surface area (Å²) in [4.78, 5) is 5.05. The van der Waals surface area contributed by atoms with Crippen molar-refractivity contribution in [2.24, 2.45) is 0 Å². The topological polar surface area (TPSA) is 31.0 Å². The van der Waals surface area contributed by atoms with Gasteiger partial charge in [-0.25, -0.2) is 4.98 Å². The molecule has 3 heterocycles.